The van der Waals surface area contributed by atoms with E-state index in [1.165, 1.54) is 0 Å². The van der Waals surface area contributed by atoms with Crippen LogP contribution in [0.5, 0.6) is 0 Å². The molecule has 1 aliphatic rings. The lowest BCUT2D eigenvalue weighted by Gasteiger charge is -2.19. The van der Waals surface area contributed by atoms with Crippen molar-refractivity contribution in [3.8, 4) is 0 Å². The van der Waals surface area contributed by atoms with Crippen molar-refractivity contribution in [2.75, 3.05) is 0 Å². The zero-order valence-electron chi connectivity index (χ0n) is 4.17. The molecule has 0 fully saturated rings. The minimum absolute atomic E-state index is 0.997. The maximum Gasteiger partial charge on any atom is 0.0396 e. The first kappa shape index (κ1) is 6.30. The lowest BCUT2D eigenvalue weighted by Crippen LogP contribution is -1.99. The molecule has 0 aromatic rings. The van der Waals surface area contributed by atoms with Crippen molar-refractivity contribution in [1.82, 2.24) is 0 Å². The lowest BCUT2D eigenvalue weighted by atomic mass is 9.99. The molecule has 0 bridgehead atoms. The van der Waals surface area contributed by atoms with Crippen molar-refractivity contribution in [2.45, 2.75) is 0 Å². The molecule has 0 aromatic carbocycles. The molecule has 0 saturated heterocycles. The second-order valence-corrected chi connectivity index (χ2v) is 3.17. The van der Waals surface area contributed by atoms with Crippen LogP contribution in [-0.4, -0.2) is 0 Å². The van der Waals surface area contributed by atoms with E-state index < -0.39 is 0 Å². The summed E-state index contributed by atoms with van der Waals surface area (Å²) in [6.45, 7) is 7.48. The fraction of sp³-hybridized carbons (Fsp3) is 0. The topological polar surface area (TPSA) is 0 Å². The van der Waals surface area contributed by atoms with Crippen LogP contribution in [0, 0.1) is 0 Å². The van der Waals surface area contributed by atoms with Gasteiger partial charge in [0.2, 0.25) is 0 Å². The van der Waals surface area contributed by atoms with Crippen molar-refractivity contribution >= 4 is 31.9 Å². The van der Waals surface area contributed by atoms with E-state index in [1.807, 2.05) is 0 Å². The molecule has 0 heterocycles. The molecule has 0 saturated carbocycles. The number of hydrogen-bond donors (Lipinski definition) is 0. The van der Waals surface area contributed by atoms with E-state index >= 15 is 0 Å². The third-order valence-corrected chi connectivity index (χ3v) is 3.37. The summed E-state index contributed by atoms with van der Waals surface area (Å²) in [5.74, 6) is 0. The van der Waals surface area contributed by atoms with E-state index in [0.29, 0.717) is 0 Å². The monoisotopic (exact) mass is 234 g/mol. The highest BCUT2D eigenvalue weighted by Gasteiger charge is 2.20. The Labute approximate surface area is 65.2 Å². The Morgan fingerprint density at radius 1 is 0.875 bits per heavy atom. The molecule has 1 rings (SSSR count). The second kappa shape index (κ2) is 1.85. The number of hydrogen-bond acceptors (Lipinski definition) is 0. The fourth-order valence-electron chi connectivity index (χ4n) is 0.467. The minimum atomic E-state index is 0.997. The molecule has 0 aromatic heterocycles. The van der Waals surface area contributed by atoms with Crippen LogP contribution in [0.15, 0.2) is 33.3 Å². The summed E-state index contributed by atoms with van der Waals surface area (Å²) < 4.78 is 2.09. The van der Waals surface area contributed by atoms with Gasteiger partial charge < -0.3 is 0 Å². The summed E-state index contributed by atoms with van der Waals surface area (Å²) in [5.41, 5.74) is 1.99. The summed E-state index contributed by atoms with van der Waals surface area (Å²) in [4.78, 5) is 0. The molecule has 8 heavy (non-hydrogen) atoms. The Balaban J connectivity index is 3.08. The van der Waals surface area contributed by atoms with Gasteiger partial charge in [0.25, 0.3) is 0 Å². The highest BCUT2D eigenvalue weighted by Crippen LogP contribution is 2.44. The van der Waals surface area contributed by atoms with Crippen LogP contribution in [-0.2, 0) is 0 Å². The molecule has 1 aliphatic carbocycles. The normalized spacial score (nSPS) is 19.2. The van der Waals surface area contributed by atoms with E-state index in [4.69, 9.17) is 0 Å². The van der Waals surface area contributed by atoms with Crippen LogP contribution in [0.2, 0.25) is 0 Å². The molecule has 2 heteroatoms. The molecular formula is C6H4Br2. The van der Waals surface area contributed by atoms with E-state index in [-0.39, 0.29) is 0 Å². The van der Waals surface area contributed by atoms with Gasteiger partial charge in [-0.05, 0) is 43.0 Å². The highest BCUT2D eigenvalue weighted by molar-refractivity contribution is 9.14. The van der Waals surface area contributed by atoms with Gasteiger partial charge >= 0.3 is 0 Å². The van der Waals surface area contributed by atoms with Crippen LogP contribution in [0.25, 0.3) is 0 Å². The fourth-order valence-corrected chi connectivity index (χ4v) is 1.42. The van der Waals surface area contributed by atoms with Crippen molar-refractivity contribution in [3.63, 3.8) is 0 Å². The third-order valence-electron chi connectivity index (χ3n) is 1.09. The minimum Gasteiger partial charge on any atom is -0.0900 e. The first-order valence-electron chi connectivity index (χ1n) is 2.09. The van der Waals surface area contributed by atoms with Gasteiger partial charge in [0.15, 0.2) is 0 Å². The predicted octanol–water partition coefficient (Wildman–Crippen LogP) is 3.11. The summed E-state index contributed by atoms with van der Waals surface area (Å²) >= 11 is 6.61. The Morgan fingerprint density at radius 3 is 1.25 bits per heavy atom. The van der Waals surface area contributed by atoms with Gasteiger partial charge in [-0.3, -0.25) is 0 Å². The number of allylic oxidation sites excluding steroid dienone is 4. The van der Waals surface area contributed by atoms with Gasteiger partial charge in [-0.2, -0.15) is 0 Å². The van der Waals surface area contributed by atoms with Crippen LogP contribution >= 0.6 is 31.9 Å². The van der Waals surface area contributed by atoms with Crippen LogP contribution in [0.1, 0.15) is 0 Å². The Morgan fingerprint density at radius 2 is 1.12 bits per heavy atom. The first-order valence-corrected chi connectivity index (χ1v) is 3.67. The molecule has 0 N–H and O–H groups in total. The van der Waals surface area contributed by atoms with E-state index in [2.05, 4.69) is 45.0 Å². The zero-order chi connectivity index (χ0) is 6.31. The van der Waals surface area contributed by atoms with Gasteiger partial charge in [0, 0.05) is 8.96 Å². The van der Waals surface area contributed by atoms with Crippen molar-refractivity contribution < 1.29 is 0 Å². The summed E-state index contributed by atoms with van der Waals surface area (Å²) in [6, 6.07) is 0. The molecule has 0 unspecified atom stereocenters. The molecule has 0 atom stereocenters. The van der Waals surface area contributed by atoms with Crippen molar-refractivity contribution in [3.05, 3.63) is 33.3 Å². The average Bonchev–Trinajstić information content (AvgIpc) is 1.83. The van der Waals surface area contributed by atoms with E-state index in [1.54, 1.807) is 0 Å². The Hall–Kier alpha value is 0.180. The third kappa shape index (κ3) is 0.633. The van der Waals surface area contributed by atoms with Gasteiger partial charge in [0.1, 0.15) is 0 Å². The van der Waals surface area contributed by atoms with Crippen molar-refractivity contribution in [2.24, 2.45) is 0 Å². The summed E-state index contributed by atoms with van der Waals surface area (Å²) in [6.07, 6.45) is 0. The molecule has 0 amide bonds. The summed E-state index contributed by atoms with van der Waals surface area (Å²) in [5, 5.41) is 0. The Kier molecular flexibility index (Phi) is 1.46. The highest BCUT2D eigenvalue weighted by atomic mass is 79.9. The van der Waals surface area contributed by atoms with Gasteiger partial charge in [0.05, 0.1) is 0 Å². The second-order valence-electron chi connectivity index (χ2n) is 1.59. The maximum absolute atomic E-state index is 3.74. The average molecular weight is 236 g/mol. The summed E-state index contributed by atoms with van der Waals surface area (Å²) in [7, 11) is 0. The molecular weight excluding hydrogens is 232 g/mol. The van der Waals surface area contributed by atoms with Crippen LogP contribution in [0.3, 0.4) is 0 Å². The maximum atomic E-state index is 3.74. The number of halogens is 2. The lowest BCUT2D eigenvalue weighted by molar-refractivity contribution is 1.45. The first-order chi connectivity index (χ1) is 3.64. The van der Waals surface area contributed by atoms with Gasteiger partial charge in [-0.1, -0.05) is 13.2 Å². The Bertz CT molecular complexity index is 177. The zero-order valence-corrected chi connectivity index (χ0v) is 7.34. The SMILES string of the molecule is C=C1C(=C)C(Br)=C1Br. The number of rotatable bonds is 0. The predicted molar refractivity (Wildman–Crippen MR) is 43.2 cm³/mol. The van der Waals surface area contributed by atoms with Gasteiger partial charge in [-0.25, -0.2) is 0 Å². The molecule has 0 spiro atoms. The van der Waals surface area contributed by atoms with Gasteiger partial charge in [-0.15, -0.1) is 0 Å². The quantitative estimate of drug-likeness (QED) is 0.606. The smallest absolute Gasteiger partial charge is 0.0396 e. The van der Waals surface area contributed by atoms with E-state index in [0.717, 1.165) is 20.1 Å². The van der Waals surface area contributed by atoms with Crippen molar-refractivity contribution in [1.29, 1.82) is 0 Å². The molecule has 0 nitrogen and oxygen atoms in total. The largest absolute Gasteiger partial charge is 0.0900 e. The van der Waals surface area contributed by atoms with Crippen LogP contribution < -0.4 is 0 Å². The van der Waals surface area contributed by atoms with Crippen LogP contribution in [0.4, 0.5) is 0 Å². The molecule has 42 valence electrons. The van der Waals surface area contributed by atoms with E-state index in [9.17, 15) is 0 Å². The standard InChI is InChI=1S/C6H4Br2/c1-3-4(2)6(8)5(3)7/h1-2H2. The molecule has 0 aliphatic heterocycles. The molecule has 0 radical (unpaired) electrons.